The molecule has 1 aliphatic heterocycles. The topological polar surface area (TPSA) is 47.6 Å². The van der Waals surface area contributed by atoms with E-state index < -0.39 is 0 Å². The van der Waals surface area contributed by atoms with E-state index >= 15 is 0 Å². The molecule has 5 heteroatoms. The van der Waals surface area contributed by atoms with E-state index in [1.165, 1.54) is 0 Å². The summed E-state index contributed by atoms with van der Waals surface area (Å²) in [5.74, 6) is 1.92. The number of alkyl halides is 1. The van der Waals surface area contributed by atoms with Crippen LogP contribution in [0.15, 0.2) is 18.2 Å². The molecule has 0 radical (unpaired) electrons. The highest BCUT2D eigenvalue weighted by Crippen LogP contribution is 2.30. The van der Waals surface area contributed by atoms with Gasteiger partial charge in [-0.15, -0.1) is 11.6 Å². The smallest absolute Gasteiger partial charge is 0.251 e. The third-order valence-corrected chi connectivity index (χ3v) is 3.75. The van der Waals surface area contributed by atoms with Crippen LogP contribution in [0.5, 0.6) is 11.5 Å². The summed E-state index contributed by atoms with van der Waals surface area (Å²) in [7, 11) is 0. The number of halogens is 1. The van der Waals surface area contributed by atoms with Crippen molar-refractivity contribution in [3.05, 3.63) is 23.8 Å². The van der Waals surface area contributed by atoms with E-state index in [9.17, 15) is 4.79 Å². The first-order valence-corrected chi connectivity index (χ1v) is 6.91. The zero-order valence-corrected chi connectivity index (χ0v) is 11.9. The average Bonchev–Trinajstić information content (AvgIpc) is 2.45. The van der Waals surface area contributed by atoms with Crippen molar-refractivity contribution in [3.8, 4) is 11.5 Å². The van der Waals surface area contributed by atoms with Crippen molar-refractivity contribution in [2.45, 2.75) is 19.9 Å². The van der Waals surface area contributed by atoms with Gasteiger partial charge in [0.1, 0.15) is 13.2 Å². The van der Waals surface area contributed by atoms with Crippen LogP contribution < -0.4 is 14.8 Å². The lowest BCUT2D eigenvalue weighted by Crippen LogP contribution is -2.37. The maximum Gasteiger partial charge on any atom is 0.251 e. The molecule has 1 N–H and O–H groups in total. The molecule has 1 amide bonds. The molecule has 4 nitrogen and oxygen atoms in total. The Morgan fingerprint density at radius 3 is 2.68 bits per heavy atom. The molecule has 2 rings (SSSR count). The highest BCUT2D eigenvalue weighted by Gasteiger charge is 2.18. The van der Waals surface area contributed by atoms with Crippen molar-refractivity contribution in [1.29, 1.82) is 0 Å². The lowest BCUT2D eigenvalue weighted by molar-refractivity contribution is 0.0929. The number of carbonyl (C=O) groups excluding carboxylic acids is 1. The number of nitrogens with one attached hydrogen (secondary N) is 1. The van der Waals surface area contributed by atoms with Gasteiger partial charge in [0.2, 0.25) is 0 Å². The van der Waals surface area contributed by atoms with Gasteiger partial charge in [0.15, 0.2) is 11.5 Å². The number of ether oxygens (including phenoxy) is 2. The summed E-state index contributed by atoms with van der Waals surface area (Å²) in [6.07, 6.45) is 0. The Balaban J connectivity index is 2.07. The van der Waals surface area contributed by atoms with Crippen molar-refractivity contribution in [3.63, 3.8) is 0 Å². The molecule has 1 aliphatic rings. The first-order chi connectivity index (χ1) is 9.11. The Kier molecular flexibility index (Phi) is 4.53. The molecule has 1 aromatic rings. The molecular formula is C14H18ClNO3. The third kappa shape index (κ3) is 3.32. The molecule has 1 aromatic carbocycles. The molecule has 0 fully saturated rings. The fourth-order valence-electron chi connectivity index (χ4n) is 1.75. The minimum atomic E-state index is -0.124. The van der Waals surface area contributed by atoms with E-state index in [1.54, 1.807) is 18.2 Å². The SMILES string of the molecule is CC(CCl)C(C)NC(=O)c1ccc2c(c1)OCCO2. The predicted octanol–water partition coefficient (Wildman–Crippen LogP) is 2.45. The first kappa shape index (κ1) is 14.0. The Bertz CT molecular complexity index is 464. The summed E-state index contributed by atoms with van der Waals surface area (Å²) in [5.41, 5.74) is 0.567. The van der Waals surface area contributed by atoms with Gasteiger partial charge in [0.25, 0.3) is 5.91 Å². The van der Waals surface area contributed by atoms with Crippen molar-refractivity contribution in [2.24, 2.45) is 5.92 Å². The fraction of sp³-hybridized carbons (Fsp3) is 0.500. The molecule has 0 aromatic heterocycles. The largest absolute Gasteiger partial charge is 0.486 e. The van der Waals surface area contributed by atoms with Crippen LogP contribution in [0.2, 0.25) is 0 Å². The monoisotopic (exact) mass is 283 g/mol. The van der Waals surface area contributed by atoms with Crippen molar-refractivity contribution < 1.29 is 14.3 Å². The van der Waals surface area contributed by atoms with Crippen LogP contribution in [0.1, 0.15) is 24.2 Å². The van der Waals surface area contributed by atoms with Crippen LogP contribution >= 0.6 is 11.6 Å². The van der Waals surface area contributed by atoms with Gasteiger partial charge in [-0.2, -0.15) is 0 Å². The van der Waals surface area contributed by atoms with Crippen LogP contribution in [0.3, 0.4) is 0 Å². The number of benzene rings is 1. The summed E-state index contributed by atoms with van der Waals surface area (Å²) in [6.45, 7) is 5.01. The zero-order chi connectivity index (χ0) is 13.8. The van der Waals surface area contributed by atoms with E-state index in [0.29, 0.717) is 36.2 Å². The second kappa shape index (κ2) is 6.15. The molecular weight excluding hydrogens is 266 g/mol. The minimum Gasteiger partial charge on any atom is -0.486 e. The number of carbonyl (C=O) groups is 1. The first-order valence-electron chi connectivity index (χ1n) is 6.38. The Morgan fingerprint density at radius 1 is 1.32 bits per heavy atom. The summed E-state index contributed by atoms with van der Waals surface area (Å²) < 4.78 is 10.9. The Morgan fingerprint density at radius 2 is 2.00 bits per heavy atom. The van der Waals surface area contributed by atoms with Crippen LogP contribution in [0.4, 0.5) is 0 Å². The highest BCUT2D eigenvalue weighted by molar-refractivity contribution is 6.18. The fourth-order valence-corrected chi connectivity index (χ4v) is 2.02. The number of rotatable bonds is 4. The van der Waals surface area contributed by atoms with Crippen molar-refractivity contribution >= 4 is 17.5 Å². The van der Waals surface area contributed by atoms with Crippen molar-refractivity contribution in [1.82, 2.24) is 5.32 Å². The quantitative estimate of drug-likeness (QED) is 0.864. The van der Waals surface area contributed by atoms with Gasteiger partial charge < -0.3 is 14.8 Å². The molecule has 0 aliphatic carbocycles. The predicted molar refractivity (Wildman–Crippen MR) is 74.2 cm³/mol. The van der Waals surface area contributed by atoms with Crippen LogP contribution in [0.25, 0.3) is 0 Å². The molecule has 2 atom stereocenters. The molecule has 19 heavy (non-hydrogen) atoms. The highest BCUT2D eigenvalue weighted by atomic mass is 35.5. The number of hydrogen-bond donors (Lipinski definition) is 1. The van der Waals surface area contributed by atoms with E-state index in [1.807, 2.05) is 13.8 Å². The normalized spacial score (nSPS) is 16.6. The van der Waals surface area contributed by atoms with Crippen molar-refractivity contribution in [2.75, 3.05) is 19.1 Å². The minimum absolute atomic E-state index is 0.0261. The molecule has 0 saturated heterocycles. The standard InChI is InChI=1S/C14H18ClNO3/c1-9(8-15)10(2)16-14(17)11-3-4-12-13(7-11)19-6-5-18-12/h3-4,7,9-10H,5-6,8H2,1-2H3,(H,16,17). The number of fused-ring (bicyclic) bond motifs is 1. The lowest BCUT2D eigenvalue weighted by Gasteiger charge is -2.21. The van der Waals surface area contributed by atoms with Crippen LogP contribution in [-0.4, -0.2) is 31.0 Å². The van der Waals surface area contributed by atoms with Gasteiger partial charge in [0.05, 0.1) is 0 Å². The van der Waals surface area contributed by atoms with E-state index in [2.05, 4.69) is 5.32 Å². The maximum atomic E-state index is 12.1. The summed E-state index contributed by atoms with van der Waals surface area (Å²) in [4.78, 5) is 12.1. The Labute approximate surface area is 118 Å². The summed E-state index contributed by atoms with van der Waals surface area (Å²) in [5, 5.41) is 2.93. The van der Waals surface area contributed by atoms with Gasteiger partial charge >= 0.3 is 0 Å². The van der Waals surface area contributed by atoms with Gasteiger partial charge in [0, 0.05) is 17.5 Å². The van der Waals surface area contributed by atoms with Crippen LogP contribution in [0, 0.1) is 5.92 Å². The molecule has 2 unspecified atom stereocenters. The van der Waals surface area contributed by atoms with Gasteiger partial charge in [-0.3, -0.25) is 4.79 Å². The summed E-state index contributed by atoms with van der Waals surface area (Å²) in [6, 6.07) is 5.24. The van der Waals surface area contributed by atoms with E-state index in [0.717, 1.165) is 0 Å². The van der Waals surface area contributed by atoms with E-state index in [4.69, 9.17) is 21.1 Å². The maximum absolute atomic E-state index is 12.1. The molecule has 0 bridgehead atoms. The van der Waals surface area contributed by atoms with Gasteiger partial charge in [-0.25, -0.2) is 0 Å². The average molecular weight is 284 g/mol. The lowest BCUT2D eigenvalue weighted by atomic mass is 10.1. The number of amides is 1. The second-order valence-electron chi connectivity index (χ2n) is 4.75. The zero-order valence-electron chi connectivity index (χ0n) is 11.1. The molecule has 0 spiro atoms. The van der Waals surface area contributed by atoms with Gasteiger partial charge in [-0.05, 0) is 31.0 Å². The third-order valence-electron chi connectivity index (χ3n) is 3.26. The molecule has 104 valence electrons. The second-order valence-corrected chi connectivity index (χ2v) is 5.06. The molecule has 1 heterocycles. The van der Waals surface area contributed by atoms with E-state index in [-0.39, 0.29) is 17.9 Å². The number of hydrogen-bond acceptors (Lipinski definition) is 3. The van der Waals surface area contributed by atoms with Gasteiger partial charge in [-0.1, -0.05) is 6.92 Å². The molecule has 0 saturated carbocycles. The van der Waals surface area contributed by atoms with Crippen LogP contribution in [-0.2, 0) is 0 Å². The Hall–Kier alpha value is -1.42. The summed E-state index contributed by atoms with van der Waals surface area (Å²) >= 11 is 5.78.